The lowest BCUT2D eigenvalue weighted by Crippen LogP contribution is -2.16. The second-order valence-electron chi connectivity index (χ2n) is 4.49. The molecule has 0 heterocycles. The number of hydrogen-bond acceptors (Lipinski definition) is 5. The van der Waals surface area contributed by atoms with Crippen LogP contribution in [0, 0.1) is 0 Å². The van der Waals surface area contributed by atoms with Crippen LogP contribution in [0.3, 0.4) is 0 Å². The Kier molecular flexibility index (Phi) is 6.15. The van der Waals surface area contributed by atoms with E-state index in [9.17, 15) is 4.79 Å². The molecule has 1 rings (SSSR count). The van der Waals surface area contributed by atoms with Crippen molar-refractivity contribution in [3.05, 3.63) is 17.7 Å². The minimum Gasteiger partial charge on any atom is -0.490 e. The van der Waals surface area contributed by atoms with Gasteiger partial charge >= 0.3 is 0 Å². The topological polar surface area (TPSA) is 64.8 Å². The molecule has 0 spiro atoms. The Balaban J connectivity index is 2.76. The highest BCUT2D eigenvalue weighted by Gasteiger charge is 2.11. The van der Waals surface area contributed by atoms with Crippen LogP contribution in [0.15, 0.2) is 12.1 Å². The van der Waals surface area contributed by atoms with Gasteiger partial charge in [0.15, 0.2) is 11.5 Å². The number of ether oxygens (including phenoxy) is 2. The van der Waals surface area contributed by atoms with Gasteiger partial charge in [-0.05, 0) is 39.6 Å². The molecule has 1 aromatic rings. The first-order chi connectivity index (χ1) is 9.08. The third kappa shape index (κ3) is 4.79. The fraction of sp³-hybridized carbons (Fsp3) is 0.500. The minimum atomic E-state index is 0.429. The zero-order valence-corrected chi connectivity index (χ0v) is 11.8. The Morgan fingerprint density at radius 1 is 1.32 bits per heavy atom. The highest BCUT2D eigenvalue weighted by Crippen LogP contribution is 2.34. The monoisotopic (exact) mass is 266 g/mol. The molecular weight excluding hydrogens is 244 g/mol. The van der Waals surface area contributed by atoms with Gasteiger partial charge in [-0.1, -0.05) is 0 Å². The highest BCUT2D eigenvalue weighted by atomic mass is 16.5. The number of nitrogen functional groups attached to an aromatic ring is 1. The van der Waals surface area contributed by atoms with Crippen LogP contribution in [-0.2, 0) is 0 Å². The van der Waals surface area contributed by atoms with E-state index < -0.39 is 0 Å². The second kappa shape index (κ2) is 7.63. The maximum atomic E-state index is 10.8. The van der Waals surface area contributed by atoms with Gasteiger partial charge in [0.2, 0.25) is 0 Å². The van der Waals surface area contributed by atoms with Gasteiger partial charge < -0.3 is 20.1 Å². The number of nitrogens with two attached hydrogens (primary N) is 1. The van der Waals surface area contributed by atoms with Crippen molar-refractivity contribution >= 4 is 12.0 Å². The number of nitrogens with zero attached hydrogens (tertiary/aromatic N) is 1. The fourth-order valence-corrected chi connectivity index (χ4v) is 1.69. The van der Waals surface area contributed by atoms with Crippen LogP contribution in [0.2, 0.25) is 0 Å². The molecule has 0 aromatic heterocycles. The third-order valence-electron chi connectivity index (χ3n) is 2.54. The molecule has 0 aliphatic carbocycles. The van der Waals surface area contributed by atoms with Crippen molar-refractivity contribution in [2.45, 2.75) is 13.3 Å². The summed E-state index contributed by atoms with van der Waals surface area (Å²) >= 11 is 0. The van der Waals surface area contributed by atoms with Crippen molar-refractivity contribution in [1.82, 2.24) is 4.90 Å². The molecule has 0 radical (unpaired) electrons. The van der Waals surface area contributed by atoms with Gasteiger partial charge in [0.05, 0.1) is 18.9 Å². The van der Waals surface area contributed by atoms with E-state index in [4.69, 9.17) is 15.2 Å². The van der Waals surface area contributed by atoms with Crippen molar-refractivity contribution in [3.63, 3.8) is 0 Å². The zero-order valence-electron chi connectivity index (χ0n) is 11.8. The van der Waals surface area contributed by atoms with Crippen LogP contribution in [0.5, 0.6) is 11.5 Å². The average molecular weight is 266 g/mol. The first-order valence-corrected chi connectivity index (χ1v) is 6.37. The van der Waals surface area contributed by atoms with Crippen LogP contribution in [0.4, 0.5) is 5.69 Å². The van der Waals surface area contributed by atoms with Gasteiger partial charge in [-0.3, -0.25) is 4.79 Å². The minimum absolute atomic E-state index is 0.429. The molecule has 0 saturated carbocycles. The Bertz CT molecular complexity index is 419. The molecule has 5 nitrogen and oxygen atoms in total. The molecule has 1 aromatic carbocycles. The van der Waals surface area contributed by atoms with Gasteiger partial charge in [0.1, 0.15) is 6.29 Å². The molecular formula is C14H22N2O3. The normalized spacial score (nSPS) is 10.5. The standard InChI is InChI=1S/C14H22N2O3/c1-4-18-13-9-11(10-17)8-12(15)14(13)19-7-5-6-16(2)3/h8-10H,4-7,15H2,1-3H3. The van der Waals surface area contributed by atoms with E-state index in [1.807, 2.05) is 21.0 Å². The summed E-state index contributed by atoms with van der Waals surface area (Å²) < 4.78 is 11.1. The van der Waals surface area contributed by atoms with E-state index in [0.717, 1.165) is 19.3 Å². The molecule has 0 amide bonds. The van der Waals surface area contributed by atoms with Crippen LogP contribution >= 0.6 is 0 Å². The Labute approximate surface area is 114 Å². The number of aldehydes is 1. The third-order valence-corrected chi connectivity index (χ3v) is 2.54. The van der Waals surface area contributed by atoms with Crippen molar-refractivity contribution in [3.8, 4) is 11.5 Å². The molecule has 19 heavy (non-hydrogen) atoms. The summed E-state index contributed by atoms with van der Waals surface area (Å²) in [5, 5.41) is 0. The summed E-state index contributed by atoms with van der Waals surface area (Å²) in [6.45, 7) is 3.87. The number of carbonyl (C=O) groups is 1. The van der Waals surface area contributed by atoms with Gasteiger partial charge in [-0.2, -0.15) is 0 Å². The summed E-state index contributed by atoms with van der Waals surface area (Å²) in [5.74, 6) is 1.04. The number of benzene rings is 1. The van der Waals surface area contributed by atoms with E-state index in [-0.39, 0.29) is 0 Å². The van der Waals surface area contributed by atoms with Gasteiger partial charge in [0.25, 0.3) is 0 Å². The lowest BCUT2D eigenvalue weighted by Gasteiger charge is -2.15. The fourth-order valence-electron chi connectivity index (χ4n) is 1.69. The molecule has 0 saturated heterocycles. The van der Waals surface area contributed by atoms with Crippen LogP contribution in [0.25, 0.3) is 0 Å². The van der Waals surface area contributed by atoms with Gasteiger partial charge in [-0.15, -0.1) is 0 Å². The second-order valence-corrected chi connectivity index (χ2v) is 4.49. The maximum absolute atomic E-state index is 10.8. The van der Waals surface area contributed by atoms with Gasteiger partial charge in [-0.25, -0.2) is 0 Å². The number of carbonyl (C=O) groups excluding carboxylic acids is 1. The van der Waals surface area contributed by atoms with Gasteiger partial charge in [0, 0.05) is 12.1 Å². The highest BCUT2D eigenvalue weighted by molar-refractivity contribution is 5.80. The number of rotatable bonds is 8. The largest absolute Gasteiger partial charge is 0.490 e. The van der Waals surface area contributed by atoms with Crippen LogP contribution in [0.1, 0.15) is 23.7 Å². The molecule has 0 unspecified atom stereocenters. The van der Waals surface area contributed by atoms with E-state index in [1.165, 1.54) is 0 Å². The van der Waals surface area contributed by atoms with Crippen LogP contribution < -0.4 is 15.2 Å². The van der Waals surface area contributed by atoms with Crippen molar-refractivity contribution < 1.29 is 14.3 Å². The summed E-state index contributed by atoms with van der Waals surface area (Å²) in [4.78, 5) is 12.9. The molecule has 0 aliphatic heterocycles. The average Bonchev–Trinajstić information content (AvgIpc) is 2.36. The molecule has 2 N–H and O–H groups in total. The summed E-state index contributed by atoms with van der Waals surface area (Å²) in [5.41, 5.74) is 6.81. The smallest absolute Gasteiger partial charge is 0.184 e. The predicted molar refractivity (Wildman–Crippen MR) is 76.1 cm³/mol. The lowest BCUT2D eigenvalue weighted by molar-refractivity contribution is 0.112. The first kappa shape index (κ1) is 15.3. The summed E-state index contributed by atoms with van der Waals surface area (Å²) in [7, 11) is 4.03. The SMILES string of the molecule is CCOc1cc(C=O)cc(N)c1OCCCN(C)C. The first-order valence-electron chi connectivity index (χ1n) is 6.37. The molecule has 5 heteroatoms. The molecule has 0 bridgehead atoms. The summed E-state index contributed by atoms with van der Waals surface area (Å²) in [6, 6.07) is 3.24. The molecule has 106 valence electrons. The van der Waals surface area contributed by atoms with E-state index in [2.05, 4.69) is 4.90 Å². The quantitative estimate of drug-likeness (QED) is 0.441. The zero-order chi connectivity index (χ0) is 14.3. The van der Waals surface area contributed by atoms with Crippen molar-refractivity contribution in [2.75, 3.05) is 39.6 Å². The predicted octanol–water partition coefficient (Wildman–Crippen LogP) is 1.81. The number of anilines is 1. The molecule has 0 aliphatic rings. The maximum Gasteiger partial charge on any atom is 0.184 e. The lowest BCUT2D eigenvalue weighted by atomic mass is 10.2. The Morgan fingerprint density at radius 2 is 2.05 bits per heavy atom. The van der Waals surface area contributed by atoms with Crippen molar-refractivity contribution in [1.29, 1.82) is 0 Å². The van der Waals surface area contributed by atoms with E-state index >= 15 is 0 Å². The van der Waals surface area contributed by atoms with Crippen LogP contribution in [-0.4, -0.2) is 45.0 Å². The Hall–Kier alpha value is -1.75. The molecule has 0 fully saturated rings. The van der Waals surface area contributed by atoms with E-state index in [0.29, 0.717) is 36.0 Å². The number of hydrogen-bond donors (Lipinski definition) is 1. The van der Waals surface area contributed by atoms with Crippen molar-refractivity contribution in [2.24, 2.45) is 0 Å². The summed E-state index contributed by atoms with van der Waals surface area (Å²) in [6.07, 6.45) is 1.64. The van der Waals surface area contributed by atoms with E-state index in [1.54, 1.807) is 12.1 Å². The molecule has 0 atom stereocenters. The Morgan fingerprint density at radius 3 is 2.63 bits per heavy atom.